The fourth-order valence-corrected chi connectivity index (χ4v) is 11.2. The molecule has 2 aliphatic heterocycles. The van der Waals surface area contributed by atoms with Gasteiger partial charge in [0.05, 0.1) is 17.8 Å². The molecule has 4 aliphatic carbocycles. The number of carbonyl (C=O) groups excluding carboxylic acids is 2. The van der Waals surface area contributed by atoms with Crippen LogP contribution in [-0.2, 0) is 28.2 Å². The first-order chi connectivity index (χ1) is 17.0. The van der Waals surface area contributed by atoms with Gasteiger partial charge in [-0.2, -0.15) is 0 Å². The fraction of sp³-hybridized carbons (Fsp3) is 0.800. The molecule has 3 saturated carbocycles. The first-order valence-corrected chi connectivity index (χ1v) is 17.7. The van der Waals surface area contributed by atoms with Gasteiger partial charge < -0.3 is 18.6 Å². The number of hydrogen-bond acceptors (Lipinski definition) is 6. The van der Waals surface area contributed by atoms with Crippen LogP contribution in [0.1, 0.15) is 73.1 Å². The van der Waals surface area contributed by atoms with Crippen molar-refractivity contribution in [1.82, 2.24) is 0 Å². The summed E-state index contributed by atoms with van der Waals surface area (Å²) in [7, 11) is -2.02. The molecule has 2 heterocycles. The van der Waals surface area contributed by atoms with E-state index in [9.17, 15) is 9.59 Å². The molecule has 0 bridgehead atoms. The van der Waals surface area contributed by atoms with Crippen LogP contribution in [0.4, 0.5) is 0 Å². The van der Waals surface area contributed by atoms with Crippen LogP contribution in [0.15, 0.2) is 23.8 Å². The lowest BCUT2D eigenvalue weighted by atomic mass is 9.45. The molecule has 7 heteroatoms. The van der Waals surface area contributed by atoms with Gasteiger partial charge in [0.15, 0.2) is 19.9 Å². The summed E-state index contributed by atoms with van der Waals surface area (Å²) in [6.07, 6.45) is 10.8. The highest BCUT2D eigenvalue weighted by atomic mass is 28.4. The first kappa shape index (κ1) is 26.0. The van der Waals surface area contributed by atoms with Gasteiger partial charge in [-0.15, -0.1) is 0 Å². The normalized spacial score (nSPS) is 50.2. The van der Waals surface area contributed by atoms with Crippen LogP contribution in [0.25, 0.3) is 0 Å². The molecule has 4 fully saturated rings. The quantitative estimate of drug-likeness (QED) is 0.345. The molecule has 37 heavy (non-hydrogen) atoms. The van der Waals surface area contributed by atoms with Gasteiger partial charge >= 0.3 is 5.97 Å². The topological polar surface area (TPSA) is 71.1 Å². The monoisotopic (exact) mass is 528 g/mol. The summed E-state index contributed by atoms with van der Waals surface area (Å²) < 4.78 is 25.9. The maximum absolute atomic E-state index is 14.0. The summed E-state index contributed by atoms with van der Waals surface area (Å²) >= 11 is 0. The fourth-order valence-electron chi connectivity index (χ4n) is 9.68. The van der Waals surface area contributed by atoms with Crippen molar-refractivity contribution >= 4 is 20.1 Å². The maximum atomic E-state index is 14.0. The second-order valence-corrected chi connectivity index (χ2v) is 19.2. The standard InChI is InChI=1S/C30H44O6Si/c1-26(2)33-22-16-20-21(31)15-19-18(27(20,3)17-23(22)34-26)9-12-28(4)24(29(5)13-11-25(32)35-29)10-14-30(19,28)36-37(6,7)8/h11,13,15,18,20,22-24H,9-10,12,14,16-17H2,1-8H3/t18-,20-,22+,23-,24-,27+,28+,29-,30+/m0/s1. The van der Waals surface area contributed by atoms with Crippen LogP contribution in [0.2, 0.25) is 19.6 Å². The molecule has 0 radical (unpaired) electrons. The molecule has 204 valence electrons. The minimum absolute atomic E-state index is 0.0174. The molecule has 6 nitrogen and oxygen atoms in total. The summed E-state index contributed by atoms with van der Waals surface area (Å²) in [4.78, 5) is 26.2. The van der Waals surface area contributed by atoms with Gasteiger partial charge in [0.1, 0.15) is 5.60 Å². The average Bonchev–Trinajstić information content (AvgIpc) is 3.35. The number of ketones is 1. The van der Waals surface area contributed by atoms with E-state index in [4.69, 9.17) is 18.6 Å². The summed E-state index contributed by atoms with van der Waals surface area (Å²) in [5.41, 5.74) is -0.388. The Morgan fingerprint density at radius 1 is 0.946 bits per heavy atom. The van der Waals surface area contributed by atoms with Crippen molar-refractivity contribution in [2.45, 2.75) is 122 Å². The van der Waals surface area contributed by atoms with Gasteiger partial charge in [-0.25, -0.2) is 4.79 Å². The molecule has 0 aromatic carbocycles. The minimum Gasteiger partial charge on any atom is -0.452 e. The van der Waals surface area contributed by atoms with E-state index in [1.807, 2.05) is 26.0 Å². The second kappa shape index (κ2) is 7.67. The second-order valence-electron chi connectivity index (χ2n) is 14.8. The molecule has 0 unspecified atom stereocenters. The Morgan fingerprint density at radius 2 is 1.65 bits per heavy atom. The van der Waals surface area contributed by atoms with Crippen LogP contribution in [-0.4, -0.2) is 49.3 Å². The lowest BCUT2D eigenvalue weighted by molar-refractivity contribution is -0.161. The molecule has 1 saturated heterocycles. The molecule has 6 rings (SSSR count). The van der Waals surface area contributed by atoms with Crippen LogP contribution in [0.3, 0.4) is 0 Å². The Hall–Kier alpha value is -1.28. The van der Waals surface area contributed by atoms with Crippen LogP contribution < -0.4 is 0 Å². The lowest BCUT2D eigenvalue weighted by Crippen LogP contribution is -2.64. The third-order valence-corrected chi connectivity index (χ3v) is 11.9. The third kappa shape index (κ3) is 3.59. The smallest absolute Gasteiger partial charge is 0.331 e. The van der Waals surface area contributed by atoms with Crippen molar-refractivity contribution in [3.63, 3.8) is 0 Å². The molecule has 0 aromatic rings. The largest absolute Gasteiger partial charge is 0.452 e. The van der Waals surface area contributed by atoms with Gasteiger partial charge in [-0.3, -0.25) is 4.79 Å². The molecular formula is C30H44O6Si. The average molecular weight is 529 g/mol. The van der Waals surface area contributed by atoms with E-state index in [1.165, 1.54) is 5.57 Å². The number of rotatable bonds is 3. The SMILES string of the molecule is CC1(C)O[C@H]2C[C@@]3(C)[C@@H](C[C@H]2O1)C(=O)C=C1[C@@H]3CC[C@]2(C)[C@@H]([C@]3(C)C=CC(=O)O3)CC[C@@]12O[Si](C)(C)C. The van der Waals surface area contributed by atoms with Crippen LogP contribution in [0.5, 0.6) is 0 Å². The highest BCUT2D eigenvalue weighted by molar-refractivity contribution is 6.69. The van der Waals surface area contributed by atoms with Gasteiger partial charge in [0, 0.05) is 23.3 Å². The zero-order valence-electron chi connectivity index (χ0n) is 23.8. The molecule has 9 atom stereocenters. The lowest BCUT2D eigenvalue weighted by Gasteiger charge is -2.62. The van der Waals surface area contributed by atoms with Crippen molar-refractivity contribution in [1.29, 1.82) is 0 Å². The number of hydrogen-bond donors (Lipinski definition) is 0. The number of esters is 1. The van der Waals surface area contributed by atoms with E-state index in [0.717, 1.165) is 38.5 Å². The Labute approximate surface area is 222 Å². The number of allylic oxidation sites excluding steroid dienone is 1. The summed E-state index contributed by atoms with van der Waals surface area (Å²) in [5.74, 6) is -0.298. The molecule has 6 aliphatic rings. The Bertz CT molecular complexity index is 1100. The predicted molar refractivity (Wildman–Crippen MR) is 142 cm³/mol. The third-order valence-electron chi connectivity index (χ3n) is 10.9. The van der Waals surface area contributed by atoms with Crippen molar-refractivity contribution in [3.05, 3.63) is 23.8 Å². The molecule has 0 N–H and O–H groups in total. The number of ether oxygens (including phenoxy) is 3. The zero-order chi connectivity index (χ0) is 26.8. The number of fused-ring (bicyclic) bond motifs is 6. The van der Waals surface area contributed by atoms with Crippen molar-refractivity contribution in [2.24, 2.45) is 28.6 Å². The van der Waals surface area contributed by atoms with E-state index < -0.39 is 25.3 Å². The zero-order valence-corrected chi connectivity index (χ0v) is 24.8. The number of cyclic esters (lactones) is 1. The summed E-state index contributed by atoms with van der Waals surface area (Å²) in [6.45, 7) is 17.5. The molecule has 0 spiro atoms. The van der Waals surface area contributed by atoms with E-state index in [-0.39, 0.29) is 52.5 Å². The van der Waals surface area contributed by atoms with Crippen molar-refractivity contribution in [3.8, 4) is 0 Å². The van der Waals surface area contributed by atoms with Gasteiger partial charge in [0.25, 0.3) is 0 Å². The van der Waals surface area contributed by atoms with Crippen molar-refractivity contribution in [2.75, 3.05) is 0 Å². The summed E-state index contributed by atoms with van der Waals surface area (Å²) in [6, 6.07) is 0. The van der Waals surface area contributed by atoms with Gasteiger partial charge in [-0.1, -0.05) is 13.8 Å². The van der Waals surface area contributed by atoms with Gasteiger partial charge in [0.2, 0.25) is 0 Å². The van der Waals surface area contributed by atoms with Crippen LogP contribution in [0, 0.1) is 28.6 Å². The molecular weight excluding hydrogens is 484 g/mol. The Morgan fingerprint density at radius 3 is 2.30 bits per heavy atom. The van der Waals surface area contributed by atoms with E-state index in [0.29, 0.717) is 0 Å². The van der Waals surface area contributed by atoms with Gasteiger partial charge in [-0.05, 0) is 108 Å². The molecule has 0 aromatic heterocycles. The molecule has 0 amide bonds. The Balaban J connectivity index is 1.44. The van der Waals surface area contributed by atoms with E-state index in [1.54, 1.807) is 6.08 Å². The summed E-state index contributed by atoms with van der Waals surface area (Å²) in [5, 5.41) is 0. The maximum Gasteiger partial charge on any atom is 0.331 e. The predicted octanol–water partition coefficient (Wildman–Crippen LogP) is 5.72. The van der Waals surface area contributed by atoms with E-state index in [2.05, 4.69) is 40.4 Å². The van der Waals surface area contributed by atoms with Crippen molar-refractivity contribution < 1.29 is 28.2 Å². The first-order valence-electron chi connectivity index (χ1n) is 14.3. The Kier molecular flexibility index (Phi) is 5.39. The highest BCUT2D eigenvalue weighted by Gasteiger charge is 2.71. The highest BCUT2D eigenvalue weighted by Crippen LogP contribution is 2.71. The number of carbonyl (C=O) groups is 2. The van der Waals surface area contributed by atoms with Crippen LogP contribution >= 0.6 is 0 Å². The van der Waals surface area contributed by atoms with E-state index >= 15 is 0 Å². The minimum atomic E-state index is -2.02.